The number of aliphatic hydroxyl groups is 1. The number of thiophene rings is 1. The Bertz CT molecular complexity index is 1940. The molecule has 2 heterocycles. The summed E-state index contributed by atoms with van der Waals surface area (Å²) in [7, 11) is 0. The van der Waals surface area contributed by atoms with Crippen molar-refractivity contribution in [3.05, 3.63) is 89.8 Å². The van der Waals surface area contributed by atoms with Gasteiger partial charge in [0.05, 0.1) is 5.76 Å². The summed E-state index contributed by atoms with van der Waals surface area (Å²) < 4.78 is 2.66. The molecule has 0 amide bonds. The maximum absolute atomic E-state index is 12.3. The van der Waals surface area contributed by atoms with Gasteiger partial charge in [-0.2, -0.15) is 0 Å². The summed E-state index contributed by atoms with van der Waals surface area (Å²) in [4.78, 5) is 17.2. The molecule has 3 aromatic carbocycles. The molecule has 0 bridgehead atoms. The number of hydrogen-bond donors (Lipinski definition) is 1. The van der Waals surface area contributed by atoms with Gasteiger partial charge in [0, 0.05) is 64.7 Å². The molecule has 0 saturated carbocycles. The van der Waals surface area contributed by atoms with Crippen LogP contribution >= 0.6 is 11.3 Å². The van der Waals surface area contributed by atoms with E-state index in [1.54, 1.807) is 0 Å². The van der Waals surface area contributed by atoms with Crippen LogP contribution in [0.4, 0.5) is 0 Å². The fourth-order valence-corrected chi connectivity index (χ4v) is 9.08. The topological polar surface area (TPSA) is 50.2 Å². The number of carbonyl (C=O) groups excluding carboxylic acids is 1. The van der Waals surface area contributed by atoms with Crippen molar-refractivity contribution in [1.29, 1.82) is 0 Å². The molecule has 277 valence electrons. The van der Waals surface area contributed by atoms with Gasteiger partial charge in [0.15, 0.2) is 5.78 Å². The number of aliphatic hydroxyl groups excluding tert-OH is 1. The van der Waals surface area contributed by atoms with Gasteiger partial charge < -0.3 is 5.11 Å². The van der Waals surface area contributed by atoms with Crippen LogP contribution in [0, 0.1) is 47.0 Å². The molecule has 1 radical (unpaired) electrons. The van der Waals surface area contributed by atoms with Crippen molar-refractivity contribution in [2.24, 2.45) is 40.9 Å². The smallest absolute Gasteiger partial charge is 0.162 e. The molecule has 5 heteroatoms. The van der Waals surface area contributed by atoms with Crippen molar-refractivity contribution in [2.45, 2.75) is 102 Å². The third-order valence-electron chi connectivity index (χ3n) is 9.73. The van der Waals surface area contributed by atoms with Gasteiger partial charge in [-0.1, -0.05) is 137 Å². The van der Waals surface area contributed by atoms with Crippen LogP contribution in [0.1, 0.15) is 107 Å². The Morgan fingerprint density at radius 1 is 0.784 bits per heavy atom. The van der Waals surface area contributed by atoms with Gasteiger partial charge in [-0.25, -0.2) is 0 Å². The predicted octanol–water partition coefficient (Wildman–Crippen LogP) is 13.6. The minimum Gasteiger partial charge on any atom is -0.512 e. The molecule has 1 N–H and O–H groups in total. The maximum Gasteiger partial charge on any atom is 0.162 e. The Morgan fingerprint density at radius 2 is 1.35 bits per heavy atom. The van der Waals surface area contributed by atoms with Crippen molar-refractivity contribution in [3.8, 4) is 11.3 Å². The van der Waals surface area contributed by atoms with Crippen LogP contribution in [0.3, 0.4) is 0 Å². The van der Waals surface area contributed by atoms with E-state index in [2.05, 4.69) is 151 Å². The third kappa shape index (κ3) is 10.2. The standard InChI is InChI=1S/C29H28NS.C17H32O2.Ir/c1-18(2)25-16-21(15-19-9-6-7-11-22(19)25)26-28-24(13-14-30-26)23-12-8-10-20(27(23)31-28)17-29(3,4)5;1-10(2)16(11(3)4)14(18)9-15(19)17(12(5)6)13(7)8;/h6-14,16,18H,17H2,1-5H3;9-13,16-18H,1-8H3;/q-1;;/b;14-9-;. The number of nitrogens with zero attached hydrogens (tertiary/aromatic N) is 1. The van der Waals surface area contributed by atoms with E-state index in [0.717, 1.165) is 23.1 Å². The average molecular weight is 883 g/mol. The zero-order valence-electron chi connectivity index (χ0n) is 33.1. The molecule has 0 aliphatic rings. The summed E-state index contributed by atoms with van der Waals surface area (Å²) in [6.07, 6.45) is 4.51. The number of carbonyl (C=O) groups is 1. The number of aromatic nitrogens is 1. The van der Waals surface area contributed by atoms with Gasteiger partial charge in [-0.3, -0.25) is 9.78 Å². The first kappa shape index (κ1) is 42.6. The van der Waals surface area contributed by atoms with Crippen molar-refractivity contribution >= 4 is 48.1 Å². The average Bonchev–Trinajstić information content (AvgIpc) is 3.39. The van der Waals surface area contributed by atoms with E-state index < -0.39 is 0 Å². The minimum absolute atomic E-state index is 0. The molecule has 5 aromatic rings. The van der Waals surface area contributed by atoms with E-state index in [-0.39, 0.29) is 48.9 Å². The van der Waals surface area contributed by atoms with Gasteiger partial charge >= 0.3 is 0 Å². The van der Waals surface area contributed by atoms with Crippen LogP contribution in [-0.4, -0.2) is 15.9 Å². The van der Waals surface area contributed by atoms with E-state index in [0.29, 0.717) is 29.6 Å². The van der Waals surface area contributed by atoms with E-state index in [1.165, 1.54) is 42.8 Å². The molecule has 0 fully saturated rings. The molecule has 5 rings (SSSR count). The molecule has 0 aliphatic heterocycles. The van der Waals surface area contributed by atoms with Crippen LogP contribution in [-0.2, 0) is 31.3 Å². The predicted molar refractivity (Wildman–Crippen MR) is 218 cm³/mol. The Balaban J connectivity index is 0.000000306. The molecule has 0 atom stereocenters. The summed E-state index contributed by atoms with van der Waals surface area (Å²) in [6, 6.07) is 23.5. The number of fused-ring (bicyclic) bond motifs is 4. The van der Waals surface area contributed by atoms with E-state index in [4.69, 9.17) is 4.98 Å². The second-order valence-corrected chi connectivity index (χ2v) is 18.0. The van der Waals surface area contributed by atoms with Crippen molar-refractivity contribution in [2.75, 3.05) is 0 Å². The summed E-state index contributed by atoms with van der Waals surface area (Å²) in [5.74, 6) is 2.07. The molecule has 0 saturated heterocycles. The van der Waals surface area contributed by atoms with Crippen LogP contribution < -0.4 is 0 Å². The van der Waals surface area contributed by atoms with E-state index >= 15 is 0 Å². The fourth-order valence-electron chi connectivity index (χ4n) is 7.77. The largest absolute Gasteiger partial charge is 0.512 e. The second kappa shape index (κ2) is 17.8. The van der Waals surface area contributed by atoms with Crippen molar-refractivity contribution < 1.29 is 30.0 Å². The van der Waals surface area contributed by atoms with Crippen molar-refractivity contribution in [1.82, 2.24) is 4.98 Å². The number of pyridine rings is 1. The zero-order valence-corrected chi connectivity index (χ0v) is 36.4. The molecular formula is C46H60IrNO2S-. The molecule has 3 nitrogen and oxygen atoms in total. The molecule has 0 aliphatic carbocycles. The second-order valence-electron chi connectivity index (χ2n) is 17.0. The SMILES string of the molecule is CC(C)C(C(=O)/C=C(\O)C(C(C)C)C(C)C)C(C)C.CC(C)c1cc(-c2nccc3c2sc2c(CC(C)(C)C)cccc23)[c-]c2ccccc12.[Ir]. The summed E-state index contributed by atoms with van der Waals surface area (Å²) in [5, 5.41) is 15.4. The molecular weight excluding hydrogens is 823 g/mol. The summed E-state index contributed by atoms with van der Waals surface area (Å²) >= 11 is 1.89. The number of allylic oxidation sites excluding steroid dienone is 2. The fraction of sp³-hybridized carbons (Fsp3) is 0.478. The summed E-state index contributed by atoms with van der Waals surface area (Å²) in [6.45, 7) is 28.1. The summed E-state index contributed by atoms with van der Waals surface area (Å²) in [5.41, 5.74) is 5.19. The number of rotatable bonds is 10. The maximum atomic E-state index is 12.3. The van der Waals surface area contributed by atoms with Crippen LogP contribution in [0.2, 0.25) is 0 Å². The molecule has 2 aromatic heterocycles. The Labute approximate surface area is 325 Å². The van der Waals surface area contributed by atoms with Crippen LogP contribution in [0.15, 0.2) is 72.6 Å². The Morgan fingerprint density at radius 3 is 1.92 bits per heavy atom. The van der Waals surface area contributed by atoms with Gasteiger partial charge in [0.25, 0.3) is 0 Å². The van der Waals surface area contributed by atoms with Crippen LogP contribution in [0.25, 0.3) is 42.2 Å². The van der Waals surface area contributed by atoms with E-state index in [1.807, 2.05) is 17.5 Å². The Hall–Kier alpha value is -2.85. The monoisotopic (exact) mass is 883 g/mol. The van der Waals surface area contributed by atoms with Gasteiger partial charge in [0.1, 0.15) is 0 Å². The molecule has 0 spiro atoms. The number of benzene rings is 3. The normalized spacial score (nSPS) is 12.7. The van der Waals surface area contributed by atoms with Gasteiger partial charge in [-0.05, 0) is 58.4 Å². The quantitative estimate of drug-likeness (QED) is 0.0864. The first-order valence-corrected chi connectivity index (χ1v) is 19.4. The first-order chi connectivity index (χ1) is 23.4. The number of ketones is 1. The Kier molecular flexibility index (Phi) is 14.8. The molecule has 51 heavy (non-hydrogen) atoms. The van der Waals surface area contributed by atoms with E-state index in [9.17, 15) is 9.90 Å². The van der Waals surface area contributed by atoms with Gasteiger partial charge in [0.2, 0.25) is 0 Å². The first-order valence-electron chi connectivity index (χ1n) is 18.6. The van der Waals surface area contributed by atoms with Gasteiger partial charge in [-0.15, -0.1) is 40.5 Å². The molecule has 0 unspecified atom stereocenters. The minimum atomic E-state index is -0.0119. The van der Waals surface area contributed by atoms with Crippen molar-refractivity contribution in [3.63, 3.8) is 0 Å². The zero-order chi connectivity index (χ0) is 37.1. The number of hydrogen-bond acceptors (Lipinski definition) is 4. The van der Waals surface area contributed by atoms with Crippen LogP contribution in [0.5, 0.6) is 0 Å². The third-order valence-corrected chi connectivity index (χ3v) is 11.0.